The molecule has 0 amide bonds. The van der Waals surface area contributed by atoms with E-state index in [1.807, 2.05) is 41.8 Å². The zero-order chi connectivity index (χ0) is 16.8. The highest BCUT2D eigenvalue weighted by molar-refractivity contribution is 7.17. The fraction of sp³-hybridized carbons (Fsp3) is 0.312. The van der Waals surface area contributed by atoms with Gasteiger partial charge in [-0.25, -0.2) is 0 Å². The molecule has 4 rings (SSSR count). The standard InChI is InChI=1S/C16H17N5O2S/c1-9-4-5-12(23-9)10(2)17-8-13-18-19-16-20(3)15(22)14-11(21(13)16)6-7-24-14/h4-7,10,17H,8H2,1-3H3/t10-/m1/s1. The lowest BCUT2D eigenvalue weighted by molar-refractivity contribution is 0.413. The highest BCUT2D eigenvalue weighted by Gasteiger charge is 2.16. The van der Waals surface area contributed by atoms with Crippen LogP contribution in [0.1, 0.15) is 30.3 Å². The number of nitrogens with one attached hydrogen (secondary N) is 1. The zero-order valence-electron chi connectivity index (χ0n) is 13.6. The molecule has 0 aromatic carbocycles. The van der Waals surface area contributed by atoms with Gasteiger partial charge in [-0.1, -0.05) is 0 Å². The minimum Gasteiger partial charge on any atom is -0.465 e. The van der Waals surface area contributed by atoms with Crippen LogP contribution in [0.15, 0.2) is 32.8 Å². The van der Waals surface area contributed by atoms with E-state index in [9.17, 15) is 4.79 Å². The number of furan rings is 1. The molecule has 4 heterocycles. The van der Waals surface area contributed by atoms with Crippen LogP contribution >= 0.6 is 11.3 Å². The fourth-order valence-electron chi connectivity index (χ4n) is 2.80. The van der Waals surface area contributed by atoms with Crippen LogP contribution in [-0.4, -0.2) is 19.2 Å². The molecule has 1 N–H and O–H groups in total. The van der Waals surface area contributed by atoms with Crippen LogP contribution in [0.2, 0.25) is 0 Å². The Bertz CT molecular complexity index is 1090. The van der Waals surface area contributed by atoms with Gasteiger partial charge in [0, 0.05) is 7.05 Å². The number of rotatable bonds is 4. The molecule has 1 atom stereocenters. The van der Waals surface area contributed by atoms with Crippen LogP contribution in [0, 0.1) is 6.92 Å². The highest BCUT2D eigenvalue weighted by Crippen LogP contribution is 2.20. The number of fused-ring (bicyclic) bond motifs is 3. The van der Waals surface area contributed by atoms with Gasteiger partial charge >= 0.3 is 0 Å². The maximum Gasteiger partial charge on any atom is 0.272 e. The first kappa shape index (κ1) is 15.1. The summed E-state index contributed by atoms with van der Waals surface area (Å²) >= 11 is 1.43. The first-order chi connectivity index (χ1) is 11.6. The van der Waals surface area contributed by atoms with Crippen molar-refractivity contribution >= 4 is 27.3 Å². The van der Waals surface area contributed by atoms with Crippen molar-refractivity contribution in [3.63, 3.8) is 0 Å². The van der Waals surface area contributed by atoms with Gasteiger partial charge in [0.1, 0.15) is 16.2 Å². The molecular formula is C16H17N5O2S. The Kier molecular flexibility index (Phi) is 3.50. The number of aromatic nitrogens is 4. The van der Waals surface area contributed by atoms with Crippen LogP contribution in [0.3, 0.4) is 0 Å². The summed E-state index contributed by atoms with van der Waals surface area (Å²) in [6, 6.07) is 5.90. The second kappa shape index (κ2) is 5.57. The van der Waals surface area contributed by atoms with Crippen LogP contribution in [0.5, 0.6) is 0 Å². The Balaban J connectivity index is 1.71. The van der Waals surface area contributed by atoms with Crippen LogP contribution in [0.4, 0.5) is 0 Å². The Labute approximate surface area is 141 Å². The molecule has 0 radical (unpaired) electrons. The van der Waals surface area contributed by atoms with Gasteiger partial charge < -0.3 is 9.73 Å². The predicted molar refractivity (Wildman–Crippen MR) is 92.3 cm³/mol. The molecular weight excluding hydrogens is 326 g/mol. The Morgan fingerprint density at radius 1 is 1.33 bits per heavy atom. The lowest BCUT2D eigenvalue weighted by Crippen LogP contribution is -2.22. The van der Waals surface area contributed by atoms with Crippen molar-refractivity contribution in [1.29, 1.82) is 0 Å². The van der Waals surface area contributed by atoms with Gasteiger partial charge in [0.05, 0.1) is 18.1 Å². The summed E-state index contributed by atoms with van der Waals surface area (Å²) in [5.74, 6) is 3.08. The molecule has 0 fully saturated rings. The third-order valence-electron chi connectivity index (χ3n) is 4.15. The number of hydrogen-bond donors (Lipinski definition) is 1. The summed E-state index contributed by atoms with van der Waals surface area (Å²) < 4.78 is 9.82. The number of thiophene rings is 1. The maximum atomic E-state index is 12.3. The summed E-state index contributed by atoms with van der Waals surface area (Å²) in [4.78, 5) is 12.3. The van der Waals surface area contributed by atoms with Crippen LogP contribution in [0.25, 0.3) is 16.0 Å². The largest absolute Gasteiger partial charge is 0.465 e. The SMILES string of the molecule is Cc1ccc([C@@H](C)NCc2nnc3n(C)c(=O)c4sccc4n23)o1. The molecule has 0 saturated heterocycles. The van der Waals surface area contributed by atoms with E-state index in [0.717, 1.165) is 22.9 Å². The molecule has 8 heteroatoms. The van der Waals surface area contributed by atoms with E-state index in [2.05, 4.69) is 15.5 Å². The smallest absolute Gasteiger partial charge is 0.272 e. The molecule has 124 valence electrons. The van der Waals surface area contributed by atoms with Gasteiger partial charge in [-0.3, -0.25) is 13.8 Å². The summed E-state index contributed by atoms with van der Waals surface area (Å²) in [5, 5.41) is 13.8. The first-order valence-corrected chi connectivity index (χ1v) is 8.54. The Hall–Kier alpha value is -2.45. The van der Waals surface area contributed by atoms with Crippen LogP contribution < -0.4 is 10.9 Å². The topological polar surface area (TPSA) is 77.4 Å². The van der Waals surface area contributed by atoms with Gasteiger partial charge in [-0.15, -0.1) is 21.5 Å². The van der Waals surface area contributed by atoms with E-state index in [0.29, 0.717) is 17.0 Å². The molecule has 0 bridgehead atoms. The van der Waals surface area contributed by atoms with E-state index in [1.54, 1.807) is 7.05 Å². The Morgan fingerprint density at radius 2 is 2.17 bits per heavy atom. The van der Waals surface area contributed by atoms with Gasteiger partial charge in [0.15, 0.2) is 5.82 Å². The first-order valence-electron chi connectivity index (χ1n) is 7.66. The minimum absolute atomic E-state index is 0.0427. The van der Waals surface area contributed by atoms with Gasteiger partial charge in [0.25, 0.3) is 5.56 Å². The van der Waals surface area contributed by atoms with Crippen molar-refractivity contribution in [3.05, 3.63) is 51.3 Å². The van der Waals surface area contributed by atoms with E-state index >= 15 is 0 Å². The second-order valence-electron chi connectivity index (χ2n) is 5.80. The summed E-state index contributed by atoms with van der Waals surface area (Å²) in [5.41, 5.74) is 0.806. The Morgan fingerprint density at radius 3 is 2.92 bits per heavy atom. The molecule has 7 nitrogen and oxygen atoms in total. The van der Waals surface area contributed by atoms with E-state index in [-0.39, 0.29) is 11.6 Å². The molecule has 0 unspecified atom stereocenters. The fourth-order valence-corrected chi connectivity index (χ4v) is 3.65. The predicted octanol–water partition coefficient (Wildman–Crippen LogP) is 2.39. The average Bonchev–Trinajstić information content (AvgIpc) is 3.28. The third kappa shape index (κ3) is 2.26. The summed E-state index contributed by atoms with van der Waals surface area (Å²) in [6.45, 7) is 4.48. The summed E-state index contributed by atoms with van der Waals surface area (Å²) in [6.07, 6.45) is 0. The third-order valence-corrected chi connectivity index (χ3v) is 5.04. The van der Waals surface area contributed by atoms with E-state index in [1.165, 1.54) is 15.9 Å². The van der Waals surface area contributed by atoms with Crippen molar-refractivity contribution in [2.45, 2.75) is 26.4 Å². The van der Waals surface area contributed by atoms with Crippen molar-refractivity contribution in [2.24, 2.45) is 7.05 Å². The lowest BCUT2D eigenvalue weighted by atomic mass is 10.2. The van der Waals surface area contributed by atoms with Crippen molar-refractivity contribution in [1.82, 2.24) is 24.5 Å². The van der Waals surface area contributed by atoms with Gasteiger partial charge in [0.2, 0.25) is 5.78 Å². The maximum absolute atomic E-state index is 12.3. The molecule has 0 aliphatic rings. The monoisotopic (exact) mass is 343 g/mol. The average molecular weight is 343 g/mol. The minimum atomic E-state index is -0.0427. The molecule has 0 aliphatic heterocycles. The summed E-state index contributed by atoms with van der Waals surface area (Å²) in [7, 11) is 1.72. The second-order valence-corrected chi connectivity index (χ2v) is 6.72. The van der Waals surface area contributed by atoms with E-state index < -0.39 is 0 Å². The van der Waals surface area contributed by atoms with E-state index in [4.69, 9.17) is 4.42 Å². The molecule has 4 aromatic rings. The van der Waals surface area contributed by atoms with Crippen LogP contribution in [-0.2, 0) is 13.6 Å². The molecule has 24 heavy (non-hydrogen) atoms. The number of hydrogen-bond acceptors (Lipinski definition) is 6. The molecule has 0 saturated carbocycles. The molecule has 0 aliphatic carbocycles. The highest BCUT2D eigenvalue weighted by atomic mass is 32.1. The van der Waals surface area contributed by atoms with Gasteiger partial charge in [-0.2, -0.15) is 0 Å². The van der Waals surface area contributed by atoms with Crippen molar-refractivity contribution in [2.75, 3.05) is 0 Å². The molecule has 0 spiro atoms. The number of nitrogens with zero attached hydrogens (tertiary/aromatic N) is 4. The van der Waals surface area contributed by atoms with Crippen molar-refractivity contribution in [3.8, 4) is 0 Å². The van der Waals surface area contributed by atoms with Crippen molar-refractivity contribution < 1.29 is 4.42 Å². The zero-order valence-corrected chi connectivity index (χ0v) is 14.4. The number of aryl methyl sites for hydroxylation is 2. The quantitative estimate of drug-likeness (QED) is 0.616. The molecule has 4 aromatic heterocycles. The normalized spacial score (nSPS) is 13.1. The lowest BCUT2D eigenvalue weighted by Gasteiger charge is -2.11. The van der Waals surface area contributed by atoms with Gasteiger partial charge in [-0.05, 0) is 37.4 Å².